The van der Waals surface area contributed by atoms with Gasteiger partial charge in [-0.15, -0.1) is 0 Å². The van der Waals surface area contributed by atoms with Gasteiger partial charge in [0.05, 0.1) is 11.2 Å². The topological polar surface area (TPSA) is 108 Å². The molecule has 0 unspecified atom stereocenters. The Labute approximate surface area is 202 Å². The van der Waals surface area contributed by atoms with Gasteiger partial charge in [0.2, 0.25) is 16.5 Å². The van der Waals surface area contributed by atoms with Crippen molar-refractivity contribution in [2.45, 2.75) is 0 Å². The molecule has 11 heteroatoms. The molecule has 0 radical (unpaired) electrons. The Hall–Kier alpha value is -3.82. The first kappa shape index (κ1) is 22.0. The molecular formula is C23H16Cl2FN7O. The van der Waals surface area contributed by atoms with E-state index >= 15 is 0 Å². The Bertz CT molecular complexity index is 1500. The molecule has 0 spiro atoms. The van der Waals surface area contributed by atoms with Crippen molar-refractivity contribution in [2.75, 3.05) is 18.4 Å². The van der Waals surface area contributed by atoms with E-state index < -0.39 is 0 Å². The smallest absolute Gasteiger partial charge is 0.269 e. The number of fused-ring (bicyclic) bond motifs is 3. The molecule has 1 amide bonds. The first-order valence-electron chi connectivity index (χ1n) is 10.2. The van der Waals surface area contributed by atoms with Gasteiger partial charge in [0.1, 0.15) is 11.5 Å². The number of nitrogens with zero attached hydrogens (tertiary/aromatic N) is 4. The second-order valence-corrected chi connectivity index (χ2v) is 8.01. The van der Waals surface area contributed by atoms with Crippen LogP contribution in [-0.4, -0.2) is 43.9 Å². The fourth-order valence-electron chi connectivity index (χ4n) is 3.62. The molecule has 0 fully saturated rings. The van der Waals surface area contributed by atoms with Gasteiger partial charge in [0.15, 0.2) is 0 Å². The fraction of sp³-hybridized carbons (Fsp3) is 0.0870. The maximum atomic E-state index is 13.5. The van der Waals surface area contributed by atoms with E-state index in [1.54, 1.807) is 18.2 Å². The van der Waals surface area contributed by atoms with Crippen molar-refractivity contribution < 1.29 is 9.18 Å². The zero-order chi connectivity index (χ0) is 23.7. The summed E-state index contributed by atoms with van der Waals surface area (Å²) in [5.41, 5.74) is 3.18. The van der Waals surface area contributed by atoms with Crippen molar-refractivity contribution in [3.8, 4) is 11.3 Å². The number of aromatic nitrogens is 5. The number of para-hydroxylation sites is 1. The van der Waals surface area contributed by atoms with Crippen molar-refractivity contribution in [3.05, 3.63) is 76.7 Å². The highest BCUT2D eigenvalue weighted by molar-refractivity contribution is 6.31. The van der Waals surface area contributed by atoms with E-state index in [1.807, 2.05) is 24.3 Å². The molecule has 0 bridgehead atoms. The molecule has 3 N–H and O–H groups in total. The molecule has 0 saturated heterocycles. The van der Waals surface area contributed by atoms with Gasteiger partial charge in [0, 0.05) is 34.9 Å². The predicted molar refractivity (Wildman–Crippen MR) is 130 cm³/mol. The zero-order valence-corrected chi connectivity index (χ0v) is 19.0. The molecule has 0 saturated carbocycles. The normalized spacial score (nSPS) is 11.1. The number of hydrogen-bond acceptors (Lipinski definition) is 6. The lowest BCUT2D eigenvalue weighted by Gasteiger charge is -2.09. The fourth-order valence-corrected chi connectivity index (χ4v) is 3.99. The van der Waals surface area contributed by atoms with Crippen molar-refractivity contribution >= 4 is 56.9 Å². The highest BCUT2D eigenvalue weighted by Crippen LogP contribution is 2.32. The molecule has 34 heavy (non-hydrogen) atoms. The number of benzene rings is 2. The maximum Gasteiger partial charge on any atom is 0.269 e. The van der Waals surface area contributed by atoms with E-state index in [0.29, 0.717) is 17.8 Å². The maximum absolute atomic E-state index is 13.5. The number of rotatable bonds is 6. The molecule has 0 aliphatic rings. The molecule has 0 atom stereocenters. The van der Waals surface area contributed by atoms with Crippen LogP contribution in [-0.2, 0) is 0 Å². The molecule has 0 aliphatic heterocycles. The minimum atomic E-state index is -0.357. The van der Waals surface area contributed by atoms with E-state index in [2.05, 4.69) is 35.6 Å². The summed E-state index contributed by atoms with van der Waals surface area (Å²) in [6.07, 6.45) is 0. The number of amides is 1. The van der Waals surface area contributed by atoms with Crippen LogP contribution in [0.2, 0.25) is 10.6 Å². The second-order valence-electron chi connectivity index (χ2n) is 7.34. The highest BCUT2D eigenvalue weighted by atomic mass is 35.5. The van der Waals surface area contributed by atoms with Gasteiger partial charge in [0.25, 0.3) is 5.91 Å². The Kier molecular flexibility index (Phi) is 5.95. The largest absolute Gasteiger partial charge is 0.353 e. The summed E-state index contributed by atoms with van der Waals surface area (Å²) in [6, 6.07) is 15.5. The summed E-state index contributed by atoms with van der Waals surface area (Å²) < 4.78 is 13.5. The van der Waals surface area contributed by atoms with Gasteiger partial charge in [-0.3, -0.25) is 4.79 Å². The molecule has 3 aromatic heterocycles. The summed E-state index contributed by atoms with van der Waals surface area (Å²) in [7, 11) is 0. The number of carbonyl (C=O) groups is 1. The Balaban J connectivity index is 1.42. The molecule has 5 rings (SSSR count). The SMILES string of the molecule is O=C(NCCNc1nc(Cl)nc(Cl)n1)c1cc2c([nH]c3ccccc32)c(-c2ccc(F)cc2)n1. The van der Waals surface area contributed by atoms with Crippen molar-refractivity contribution in [1.29, 1.82) is 0 Å². The van der Waals surface area contributed by atoms with Crippen LogP contribution in [0, 0.1) is 5.82 Å². The number of pyridine rings is 1. The predicted octanol–water partition coefficient (Wildman–Crippen LogP) is 4.86. The van der Waals surface area contributed by atoms with Gasteiger partial charge < -0.3 is 15.6 Å². The van der Waals surface area contributed by atoms with E-state index in [4.69, 9.17) is 23.2 Å². The molecule has 3 heterocycles. The number of anilines is 1. The molecule has 2 aromatic carbocycles. The average molecular weight is 496 g/mol. The van der Waals surface area contributed by atoms with E-state index in [0.717, 1.165) is 21.8 Å². The van der Waals surface area contributed by atoms with Crippen molar-refractivity contribution in [2.24, 2.45) is 0 Å². The minimum Gasteiger partial charge on any atom is -0.353 e. The summed E-state index contributed by atoms with van der Waals surface area (Å²) >= 11 is 11.5. The van der Waals surface area contributed by atoms with Crippen LogP contribution in [0.4, 0.5) is 10.3 Å². The highest BCUT2D eigenvalue weighted by Gasteiger charge is 2.17. The summed E-state index contributed by atoms with van der Waals surface area (Å²) in [5, 5.41) is 7.49. The lowest BCUT2D eigenvalue weighted by atomic mass is 10.1. The Morgan fingerprint density at radius 1 is 0.912 bits per heavy atom. The van der Waals surface area contributed by atoms with Gasteiger partial charge in [-0.05, 0) is 59.6 Å². The average Bonchev–Trinajstić information content (AvgIpc) is 3.20. The van der Waals surface area contributed by atoms with Crippen LogP contribution in [0.5, 0.6) is 0 Å². The van der Waals surface area contributed by atoms with Crippen LogP contribution in [0.1, 0.15) is 10.5 Å². The lowest BCUT2D eigenvalue weighted by molar-refractivity contribution is 0.0950. The third-order valence-electron chi connectivity index (χ3n) is 5.12. The van der Waals surface area contributed by atoms with Crippen LogP contribution >= 0.6 is 23.2 Å². The van der Waals surface area contributed by atoms with Crippen LogP contribution in [0.15, 0.2) is 54.6 Å². The summed E-state index contributed by atoms with van der Waals surface area (Å²) in [6.45, 7) is 0.585. The van der Waals surface area contributed by atoms with Crippen LogP contribution < -0.4 is 10.6 Å². The molecule has 0 aliphatic carbocycles. The quantitative estimate of drug-likeness (QED) is 0.290. The van der Waals surface area contributed by atoms with Gasteiger partial charge >= 0.3 is 0 Å². The van der Waals surface area contributed by atoms with Crippen LogP contribution in [0.3, 0.4) is 0 Å². The number of halogens is 3. The zero-order valence-electron chi connectivity index (χ0n) is 17.4. The van der Waals surface area contributed by atoms with Crippen molar-refractivity contribution in [1.82, 2.24) is 30.2 Å². The van der Waals surface area contributed by atoms with E-state index in [-0.39, 0.29) is 40.5 Å². The number of hydrogen-bond donors (Lipinski definition) is 3. The number of nitrogens with one attached hydrogen (secondary N) is 3. The van der Waals surface area contributed by atoms with Gasteiger partial charge in [-0.25, -0.2) is 9.37 Å². The summed E-state index contributed by atoms with van der Waals surface area (Å²) in [5.74, 6) is -0.501. The number of carbonyl (C=O) groups excluding carboxylic acids is 1. The second kappa shape index (κ2) is 9.20. The monoisotopic (exact) mass is 495 g/mol. The number of H-pyrrole nitrogens is 1. The molecule has 5 aromatic rings. The Morgan fingerprint density at radius 3 is 2.41 bits per heavy atom. The van der Waals surface area contributed by atoms with Gasteiger partial charge in [-0.1, -0.05) is 18.2 Å². The number of aromatic amines is 1. The summed E-state index contributed by atoms with van der Waals surface area (Å²) in [4.78, 5) is 32.4. The molecule has 170 valence electrons. The molecular weight excluding hydrogens is 480 g/mol. The van der Waals surface area contributed by atoms with E-state index in [1.165, 1.54) is 12.1 Å². The third-order valence-corrected chi connectivity index (χ3v) is 5.46. The lowest BCUT2D eigenvalue weighted by Crippen LogP contribution is -2.29. The Morgan fingerprint density at radius 2 is 1.65 bits per heavy atom. The first-order valence-corrected chi connectivity index (χ1v) is 11.0. The molecule has 8 nitrogen and oxygen atoms in total. The first-order chi connectivity index (χ1) is 16.5. The standard InChI is InChI=1S/C23H16Cl2FN7O/c24-21-31-22(25)33-23(32-21)28-10-9-27-20(34)17-11-15-14-3-1-2-4-16(14)29-19(15)18(30-17)12-5-7-13(26)8-6-12/h1-8,11,29H,9-10H2,(H,27,34)(H,28,31,32,33). The van der Waals surface area contributed by atoms with Crippen molar-refractivity contribution in [3.63, 3.8) is 0 Å². The van der Waals surface area contributed by atoms with E-state index in [9.17, 15) is 9.18 Å². The third kappa shape index (κ3) is 4.48. The van der Waals surface area contributed by atoms with Gasteiger partial charge in [-0.2, -0.15) is 15.0 Å². The minimum absolute atomic E-state index is 0.0314. The van der Waals surface area contributed by atoms with Crippen LogP contribution in [0.25, 0.3) is 33.1 Å².